The lowest BCUT2D eigenvalue weighted by atomic mass is 10.2. The van der Waals surface area contributed by atoms with Crippen LogP contribution in [0, 0.1) is 13.8 Å². The summed E-state index contributed by atoms with van der Waals surface area (Å²) in [7, 11) is -3.48. The molecule has 1 aromatic heterocycles. The SMILES string of the molecule is Cc1noc(C)c1CSCC(=O)Nc1ccc(S(=O)(=O)N2CCCCCC2)cc1. The van der Waals surface area contributed by atoms with E-state index in [-0.39, 0.29) is 16.6 Å². The smallest absolute Gasteiger partial charge is 0.243 e. The number of benzene rings is 1. The van der Waals surface area contributed by atoms with Gasteiger partial charge >= 0.3 is 0 Å². The quantitative estimate of drug-likeness (QED) is 0.710. The molecule has 0 bridgehead atoms. The highest BCUT2D eigenvalue weighted by atomic mass is 32.2. The Hall–Kier alpha value is -1.84. The summed E-state index contributed by atoms with van der Waals surface area (Å²) in [4.78, 5) is 12.4. The Morgan fingerprint density at radius 1 is 1.14 bits per heavy atom. The van der Waals surface area contributed by atoms with Gasteiger partial charge in [0.15, 0.2) is 0 Å². The van der Waals surface area contributed by atoms with Crippen molar-refractivity contribution in [2.24, 2.45) is 0 Å². The largest absolute Gasteiger partial charge is 0.361 e. The van der Waals surface area contributed by atoms with Crippen molar-refractivity contribution in [2.45, 2.75) is 50.2 Å². The standard InChI is InChI=1S/C20H27N3O4S2/c1-15-19(16(2)27-22-15)13-28-14-20(24)21-17-7-9-18(10-8-17)29(25,26)23-11-5-3-4-6-12-23/h7-10H,3-6,11-14H2,1-2H3,(H,21,24). The van der Waals surface area contributed by atoms with Crippen LogP contribution in [0.4, 0.5) is 5.69 Å². The number of carbonyl (C=O) groups is 1. The molecule has 2 heterocycles. The van der Waals surface area contributed by atoms with E-state index in [1.807, 2.05) is 13.8 Å². The Morgan fingerprint density at radius 3 is 2.38 bits per heavy atom. The second-order valence-electron chi connectivity index (χ2n) is 7.19. The predicted octanol–water partition coefficient (Wildman–Crippen LogP) is 3.73. The minimum absolute atomic E-state index is 0.134. The van der Waals surface area contributed by atoms with Crippen LogP contribution in [0.15, 0.2) is 33.7 Å². The van der Waals surface area contributed by atoms with Gasteiger partial charge < -0.3 is 9.84 Å². The fraction of sp³-hybridized carbons (Fsp3) is 0.500. The number of aryl methyl sites for hydroxylation is 2. The lowest BCUT2D eigenvalue weighted by molar-refractivity contribution is -0.113. The van der Waals surface area contributed by atoms with Crippen molar-refractivity contribution < 1.29 is 17.7 Å². The lowest BCUT2D eigenvalue weighted by Gasteiger charge is -2.20. The van der Waals surface area contributed by atoms with E-state index in [1.54, 1.807) is 28.6 Å². The first-order chi connectivity index (χ1) is 13.9. The van der Waals surface area contributed by atoms with Gasteiger partial charge in [0, 0.05) is 30.1 Å². The van der Waals surface area contributed by atoms with Gasteiger partial charge in [0.05, 0.1) is 16.3 Å². The summed E-state index contributed by atoms with van der Waals surface area (Å²) in [5.74, 6) is 1.58. The van der Waals surface area contributed by atoms with Crippen molar-refractivity contribution in [2.75, 3.05) is 24.2 Å². The van der Waals surface area contributed by atoms with Crippen molar-refractivity contribution in [1.29, 1.82) is 0 Å². The number of nitrogens with one attached hydrogen (secondary N) is 1. The van der Waals surface area contributed by atoms with Crippen LogP contribution in [-0.2, 0) is 20.6 Å². The van der Waals surface area contributed by atoms with Gasteiger partial charge in [-0.25, -0.2) is 8.42 Å². The molecule has 1 saturated heterocycles. The molecular weight excluding hydrogens is 410 g/mol. The molecule has 1 aromatic carbocycles. The maximum Gasteiger partial charge on any atom is 0.243 e. The molecule has 0 unspecified atom stereocenters. The second-order valence-corrected chi connectivity index (χ2v) is 10.1. The zero-order valence-corrected chi connectivity index (χ0v) is 18.4. The van der Waals surface area contributed by atoms with Crippen LogP contribution in [0.1, 0.15) is 42.7 Å². The van der Waals surface area contributed by atoms with E-state index in [0.717, 1.165) is 42.7 Å². The van der Waals surface area contributed by atoms with E-state index in [0.29, 0.717) is 24.5 Å². The first-order valence-corrected chi connectivity index (χ1v) is 12.4. The fourth-order valence-electron chi connectivity index (χ4n) is 3.29. The van der Waals surface area contributed by atoms with Crippen molar-refractivity contribution in [3.05, 3.63) is 41.3 Å². The minimum atomic E-state index is -3.48. The van der Waals surface area contributed by atoms with Gasteiger partial charge in [0.1, 0.15) is 5.76 Å². The molecule has 0 saturated carbocycles. The summed E-state index contributed by atoms with van der Waals surface area (Å²) < 4.78 is 32.3. The lowest BCUT2D eigenvalue weighted by Crippen LogP contribution is -2.31. The predicted molar refractivity (Wildman–Crippen MR) is 114 cm³/mol. The Balaban J connectivity index is 1.53. The molecule has 158 valence electrons. The van der Waals surface area contributed by atoms with E-state index >= 15 is 0 Å². The van der Waals surface area contributed by atoms with Crippen LogP contribution in [0.2, 0.25) is 0 Å². The van der Waals surface area contributed by atoms with Crippen LogP contribution in [-0.4, -0.2) is 42.6 Å². The van der Waals surface area contributed by atoms with Gasteiger partial charge in [-0.2, -0.15) is 4.31 Å². The van der Waals surface area contributed by atoms with Gasteiger partial charge in [-0.05, 0) is 51.0 Å². The minimum Gasteiger partial charge on any atom is -0.361 e. The molecule has 1 aliphatic heterocycles. The number of thioether (sulfide) groups is 1. The number of sulfonamides is 1. The molecule has 7 nitrogen and oxygen atoms in total. The Bertz CT molecular complexity index is 912. The summed E-state index contributed by atoms with van der Waals surface area (Å²) in [5.41, 5.74) is 2.45. The molecule has 29 heavy (non-hydrogen) atoms. The maximum absolute atomic E-state index is 12.8. The third-order valence-corrected chi connectivity index (χ3v) is 7.87. The molecule has 2 aromatic rings. The van der Waals surface area contributed by atoms with Crippen molar-refractivity contribution >= 4 is 33.4 Å². The molecule has 1 amide bonds. The monoisotopic (exact) mass is 437 g/mol. The molecule has 0 radical (unpaired) electrons. The average Bonchev–Trinajstić information content (AvgIpc) is 2.91. The molecule has 9 heteroatoms. The van der Waals surface area contributed by atoms with E-state index in [9.17, 15) is 13.2 Å². The van der Waals surface area contributed by atoms with Crippen LogP contribution < -0.4 is 5.32 Å². The summed E-state index contributed by atoms with van der Waals surface area (Å²) in [6.45, 7) is 4.89. The van der Waals surface area contributed by atoms with E-state index in [4.69, 9.17) is 4.52 Å². The second kappa shape index (κ2) is 9.77. The van der Waals surface area contributed by atoms with Crippen LogP contribution in [0.5, 0.6) is 0 Å². The van der Waals surface area contributed by atoms with Gasteiger partial charge in [0.25, 0.3) is 0 Å². The summed E-state index contributed by atoms with van der Waals surface area (Å²) >= 11 is 1.48. The Kier molecular flexibility index (Phi) is 7.37. The number of amides is 1. The van der Waals surface area contributed by atoms with E-state index in [2.05, 4.69) is 10.5 Å². The number of carbonyl (C=O) groups excluding carboxylic acids is 1. The molecule has 1 aliphatic rings. The Morgan fingerprint density at radius 2 is 1.79 bits per heavy atom. The van der Waals surface area contributed by atoms with Crippen molar-refractivity contribution in [1.82, 2.24) is 9.46 Å². The number of rotatable bonds is 7. The number of hydrogen-bond donors (Lipinski definition) is 1. The van der Waals surface area contributed by atoms with Crippen LogP contribution in [0.3, 0.4) is 0 Å². The molecule has 1 fully saturated rings. The molecule has 1 N–H and O–H groups in total. The molecule has 0 spiro atoms. The first kappa shape index (κ1) is 21.9. The summed E-state index contributed by atoms with van der Waals surface area (Å²) in [5, 5.41) is 6.72. The van der Waals surface area contributed by atoms with Gasteiger partial charge in [-0.3, -0.25) is 4.79 Å². The highest BCUT2D eigenvalue weighted by Gasteiger charge is 2.25. The molecule has 0 aliphatic carbocycles. The number of nitrogens with zero attached hydrogens (tertiary/aromatic N) is 2. The Labute approximate surface area is 176 Å². The van der Waals surface area contributed by atoms with Gasteiger partial charge in [0.2, 0.25) is 15.9 Å². The van der Waals surface area contributed by atoms with Crippen LogP contribution in [0.25, 0.3) is 0 Å². The zero-order valence-electron chi connectivity index (χ0n) is 16.8. The van der Waals surface area contributed by atoms with Crippen molar-refractivity contribution in [3.8, 4) is 0 Å². The number of hydrogen-bond acceptors (Lipinski definition) is 6. The highest BCUT2D eigenvalue weighted by Crippen LogP contribution is 2.23. The molecule has 3 rings (SSSR count). The van der Waals surface area contributed by atoms with Gasteiger partial charge in [-0.15, -0.1) is 11.8 Å². The maximum atomic E-state index is 12.8. The van der Waals surface area contributed by atoms with Crippen molar-refractivity contribution in [3.63, 3.8) is 0 Å². The summed E-state index contributed by atoms with van der Waals surface area (Å²) in [6, 6.07) is 6.41. The fourth-order valence-corrected chi connectivity index (χ4v) is 5.79. The average molecular weight is 438 g/mol. The van der Waals surface area contributed by atoms with Gasteiger partial charge in [-0.1, -0.05) is 18.0 Å². The summed E-state index contributed by atoms with van der Waals surface area (Å²) in [6.07, 6.45) is 3.95. The first-order valence-electron chi connectivity index (χ1n) is 9.77. The third-order valence-electron chi connectivity index (χ3n) is 5.00. The van der Waals surface area contributed by atoms with Crippen LogP contribution >= 0.6 is 11.8 Å². The molecule has 0 atom stereocenters. The highest BCUT2D eigenvalue weighted by molar-refractivity contribution is 7.99. The normalized spacial score (nSPS) is 15.8. The topological polar surface area (TPSA) is 92.5 Å². The zero-order chi connectivity index (χ0) is 20.9. The van der Waals surface area contributed by atoms with E-state index < -0.39 is 10.0 Å². The van der Waals surface area contributed by atoms with E-state index in [1.165, 1.54) is 11.8 Å². The number of anilines is 1. The molecular formula is C20H27N3O4S2. The number of aromatic nitrogens is 1. The third kappa shape index (κ3) is 5.61.